The van der Waals surface area contributed by atoms with E-state index in [1.807, 2.05) is 36.4 Å². The van der Waals surface area contributed by atoms with E-state index in [2.05, 4.69) is 20.9 Å². The average Bonchev–Trinajstić information content (AvgIpc) is 2.49. The molecule has 0 aliphatic rings. The number of benzene rings is 2. The molecule has 1 N–H and O–H groups in total. The molecule has 20 heavy (non-hydrogen) atoms. The van der Waals surface area contributed by atoms with Gasteiger partial charge >= 0.3 is 0 Å². The maximum atomic E-state index is 10.6. The molecule has 3 aromatic rings. The van der Waals surface area contributed by atoms with Crippen LogP contribution in [0.1, 0.15) is 17.2 Å². The summed E-state index contributed by atoms with van der Waals surface area (Å²) in [5, 5.41) is 13.2. The quantitative estimate of drug-likeness (QED) is 0.726. The fraction of sp³-hybridized carbons (Fsp3) is 0.0625. The molecule has 1 unspecified atom stereocenters. The number of halogens is 2. The molecule has 2 aromatic carbocycles. The molecule has 0 radical (unpaired) electrons. The Kier molecular flexibility index (Phi) is 3.74. The second kappa shape index (κ2) is 5.52. The average molecular weight is 349 g/mol. The largest absolute Gasteiger partial charge is 0.384 e. The van der Waals surface area contributed by atoms with Gasteiger partial charge in [0.2, 0.25) is 0 Å². The zero-order chi connectivity index (χ0) is 14.1. The summed E-state index contributed by atoms with van der Waals surface area (Å²) in [5.41, 5.74) is 1.53. The number of rotatable bonds is 2. The predicted octanol–water partition coefficient (Wildman–Crippen LogP) is 4.73. The number of pyridine rings is 1. The van der Waals surface area contributed by atoms with E-state index in [1.165, 1.54) is 0 Å². The molecule has 1 heterocycles. The Bertz CT molecular complexity index is 770. The molecular formula is C16H11BrClNO. The van der Waals surface area contributed by atoms with Crippen molar-refractivity contribution in [3.8, 4) is 0 Å². The molecule has 0 amide bonds. The molecule has 0 spiro atoms. The SMILES string of the molecule is OC(c1ccc(Br)c(Cl)c1)c1cncc2ccccc12. The van der Waals surface area contributed by atoms with E-state index in [4.69, 9.17) is 11.6 Å². The van der Waals surface area contributed by atoms with Gasteiger partial charge < -0.3 is 5.11 Å². The first-order chi connectivity index (χ1) is 9.66. The highest BCUT2D eigenvalue weighted by atomic mass is 79.9. The summed E-state index contributed by atoms with van der Waals surface area (Å²) in [4.78, 5) is 4.20. The van der Waals surface area contributed by atoms with Crippen molar-refractivity contribution in [3.63, 3.8) is 0 Å². The number of hydrogen-bond donors (Lipinski definition) is 1. The molecule has 2 nitrogen and oxygen atoms in total. The summed E-state index contributed by atoms with van der Waals surface area (Å²) in [5.74, 6) is 0. The van der Waals surface area contributed by atoms with Crippen molar-refractivity contribution >= 4 is 38.3 Å². The van der Waals surface area contributed by atoms with Crippen LogP contribution in [-0.4, -0.2) is 10.1 Å². The van der Waals surface area contributed by atoms with Crippen LogP contribution in [0, 0.1) is 0 Å². The Morgan fingerprint density at radius 2 is 1.90 bits per heavy atom. The van der Waals surface area contributed by atoms with E-state index in [1.54, 1.807) is 18.5 Å². The smallest absolute Gasteiger partial charge is 0.106 e. The van der Waals surface area contributed by atoms with E-state index in [-0.39, 0.29) is 0 Å². The number of nitrogens with zero attached hydrogens (tertiary/aromatic N) is 1. The van der Waals surface area contributed by atoms with Crippen LogP contribution in [0.2, 0.25) is 5.02 Å². The Morgan fingerprint density at radius 3 is 2.70 bits per heavy atom. The summed E-state index contributed by atoms with van der Waals surface area (Å²) in [6.45, 7) is 0. The lowest BCUT2D eigenvalue weighted by Crippen LogP contribution is -2.01. The zero-order valence-corrected chi connectivity index (χ0v) is 12.8. The topological polar surface area (TPSA) is 33.1 Å². The van der Waals surface area contributed by atoms with Crippen LogP contribution in [0.3, 0.4) is 0 Å². The Morgan fingerprint density at radius 1 is 1.10 bits per heavy atom. The van der Waals surface area contributed by atoms with Gasteiger partial charge in [0, 0.05) is 27.8 Å². The van der Waals surface area contributed by atoms with Crippen molar-refractivity contribution in [2.24, 2.45) is 0 Å². The van der Waals surface area contributed by atoms with Crippen molar-refractivity contribution in [1.29, 1.82) is 0 Å². The molecule has 100 valence electrons. The molecule has 4 heteroatoms. The van der Waals surface area contributed by atoms with Crippen molar-refractivity contribution in [3.05, 3.63) is 75.5 Å². The van der Waals surface area contributed by atoms with Gasteiger partial charge in [-0.05, 0) is 39.0 Å². The standard InChI is InChI=1S/C16H11BrClNO/c17-14-6-5-10(7-15(14)18)16(20)13-9-19-8-11-3-1-2-4-12(11)13/h1-9,16,20H. The van der Waals surface area contributed by atoms with Gasteiger partial charge in [-0.3, -0.25) is 4.98 Å². The highest BCUT2D eigenvalue weighted by Gasteiger charge is 2.15. The van der Waals surface area contributed by atoms with Gasteiger partial charge in [-0.1, -0.05) is 41.9 Å². The Balaban J connectivity index is 2.12. The van der Waals surface area contributed by atoms with Crippen molar-refractivity contribution in [1.82, 2.24) is 4.98 Å². The Hall–Kier alpha value is -1.42. The van der Waals surface area contributed by atoms with E-state index in [0.717, 1.165) is 26.4 Å². The van der Waals surface area contributed by atoms with Crippen LogP contribution in [-0.2, 0) is 0 Å². The van der Waals surface area contributed by atoms with Crippen molar-refractivity contribution < 1.29 is 5.11 Å². The maximum absolute atomic E-state index is 10.6. The molecule has 0 aliphatic heterocycles. The molecule has 0 fully saturated rings. The molecule has 1 aromatic heterocycles. The summed E-state index contributed by atoms with van der Waals surface area (Å²) < 4.78 is 0.811. The molecule has 0 saturated carbocycles. The minimum absolute atomic E-state index is 0.578. The highest BCUT2D eigenvalue weighted by Crippen LogP contribution is 2.31. The predicted molar refractivity (Wildman–Crippen MR) is 85.0 cm³/mol. The Labute approximate surface area is 130 Å². The van der Waals surface area contributed by atoms with Crippen LogP contribution < -0.4 is 0 Å². The number of hydrogen-bond acceptors (Lipinski definition) is 2. The number of aliphatic hydroxyl groups excluding tert-OH is 1. The van der Waals surface area contributed by atoms with Gasteiger partial charge in [0.15, 0.2) is 0 Å². The van der Waals surface area contributed by atoms with Crippen molar-refractivity contribution in [2.45, 2.75) is 6.10 Å². The summed E-state index contributed by atoms with van der Waals surface area (Å²) in [7, 11) is 0. The lowest BCUT2D eigenvalue weighted by atomic mass is 9.98. The molecule has 0 aliphatic carbocycles. The van der Waals surface area contributed by atoms with Gasteiger partial charge in [0.25, 0.3) is 0 Å². The van der Waals surface area contributed by atoms with Crippen LogP contribution in [0.15, 0.2) is 59.3 Å². The maximum Gasteiger partial charge on any atom is 0.106 e. The number of aromatic nitrogens is 1. The minimum atomic E-state index is -0.751. The van der Waals surface area contributed by atoms with E-state index >= 15 is 0 Å². The summed E-state index contributed by atoms with van der Waals surface area (Å²) in [6, 6.07) is 13.3. The molecule has 0 saturated heterocycles. The second-order valence-corrected chi connectivity index (χ2v) is 5.79. The fourth-order valence-corrected chi connectivity index (χ4v) is 2.66. The lowest BCUT2D eigenvalue weighted by molar-refractivity contribution is 0.221. The lowest BCUT2D eigenvalue weighted by Gasteiger charge is -2.14. The molecule has 3 rings (SSSR count). The zero-order valence-electron chi connectivity index (χ0n) is 10.4. The summed E-state index contributed by atoms with van der Waals surface area (Å²) >= 11 is 9.44. The van der Waals surface area contributed by atoms with Gasteiger partial charge in [0.1, 0.15) is 6.10 Å². The van der Waals surface area contributed by atoms with Crippen LogP contribution in [0.25, 0.3) is 10.8 Å². The highest BCUT2D eigenvalue weighted by molar-refractivity contribution is 9.10. The molecule has 1 atom stereocenters. The first-order valence-corrected chi connectivity index (χ1v) is 7.29. The van der Waals surface area contributed by atoms with E-state index < -0.39 is 6.10 Å². The van der Waals surface area contributed by atoms with Gasteiger partial charge in [0.05, 0.1) is 5.02 Å². The molecule has 0 bridgehead atoms. The third-order valence-electron chi connectivity index (χ3n) is 3.25. The second-order valence-electron chi connectivity index (χ2n) is 4.53. The van der Waals surface area contributed by atoms with Crippen LogP contribution in [0.5, 0.6) is 0 Å². The summed E-state index contributed by atoms with van der Waals surface area (Å²) in [6.07, 6.45) is 2.74. The first kappa shape index (κ1) is 13.6. The third-order valence-corrected chi connectivity index (χ3v) is 4.49. The van der Waals surface area contributed by atoms with Crippen LogP contribution >= 0.6 is 27.5 Å². The number of aliphatic hydroxyl groups is 1. The van der Waals surface area contributed by atoms with Crippen LogP contribution in [0.4, 0.5) is 0 Å². The van der Waals surface area contributed by atoms with Gasteiger partial charge in [-0.2, -0.15) is 0 Å². The normalized spacial score (nSPS) is 12.6. The number of fused-ring (bicyclic) bond motifs is 1. The van der Waals surface area contributed by atoms with Gasteiger partial charge in [-0.25, -0.2) is 0 Å². The molecular weight excluding hydrogens is 338 g/mol. The monoisotopic (exact) mass is 347 g/mol. The minimum Gasteiger partial charge on any atom is -0.384 e. The van der Waals surface area contributed by atoms with E-state index in [9.17, 15) is 5.11 Å². The van der Waals surface area contributed by atoms with E-state index in [0.29, 0.717) is 5.02 Å². The first-order valence-electron chi connectivity index (χ1n) is 6.12. The fourth-order valence-electron chi connectivity index (χ4n) is 2.22. The van der Waals surface area contributed by atoms with Crippen molar-refractivity contribution in [2.75, 3.05) is 0 Å². The third kappa shape index (κ3) is 2.44. The van der Waals surface area contributed by atoms with Gasteiger partial charge in [-0.15, -0.1) is 0 Å².